The molecule has 2 aromatic rings. The summed E-state index contributed by atoms with van der Waals surface area (Å²) in [6, 6.07) is 10.5. The van der Waals surface area contributed by atoms with E-state index >= 15 is 0 Å². The highest BCUT2D eigenvalue weighted by Gasteiger charge is 2.20. The number of likely N-dealkylation sites (N-methyl/N-ethyl adjacent to an activating group) is 1. The molecule has 1 saturated heterocycles. The van der Waals surface area contributed by atoms with Crippen molar-refractivity contribution in [1.29, 1.82) is 0 Å². The van der Waals surface area contributed by atoms with Crippen LogP contribution in [0.2, 0.25) is 0 Å². The number of nitrogens with one attached hydrogen (secondary N) is 1. The van der Waals surface area contributed by atoms with Gasteiger partial charge in [-0.1, -0.05) is 30.4 Å². The van der Waals surface area contributed by atoms with Crippen LogP contribution in [0.15, 0.2) is 30.3 Å². The van der Waals surface area contributed by atoms with Crippen LogP contribution in [-0.4, -0.2) is 41.1 Å². The quantitative estimate of drug-likeness (QED) is 0.849. The first kappa shape index (κ1) is 14.2. The third-order valence-corrected chi connectivity index (χ3v) is 4.39. The molecule has 0 aliphatic carbocycles. The second-order valence-electron chi connectivity index (χ2n) is 5.59. The van der Waals surface area contributed by atoms with Crippen molar-refractivity contribution in [2.75, 3.05) is 25.5 Å². The van der Waals surface area contributed by atoms with Crippen LogP contribution in [0, 0.1) is 0 Å². The zero-order valence-electron chi connectivity index (χ0n) is 12.2. The number of hydrogen-bond donors (Lipinski definition) is 2. The number of para-hydroxylation sites is 1. The number of rotatable bonds is 4. The molecule has 0 saturated carbocycles. The van der Waals surface area contributed by atoms with E-state index in [1.165, 1.54) is 19.4 Å². The molecule has 1 aromatic heterocycles. The zero-order chi connectivity index (χ0) is 14.8. The van der Waals surface area contributed by atoms with Crippen LogP contribution >= 0.6 is 12.2 Å². The molecular formula is C16H20N4S. The number of pyridine rings is 1. The lowest BCUT2D eigenvalue weighted by atomic mass is 10.1. The third-order valence-electron chi connectivity index (χ3n) is 4.17. The summed E-state index contributed by atoms with van der Waals surface area (Å²) in [4.78, 5) is 7.46. The first-order chi connectivity index (χ1) is 10.1. The molecule has 2 heterocycles. The van der Waals surface area contributed by atoms with Crippen LogP contribution < -0.4 is 11.1 Å². The van der Waals surface area contributed by atoms with Gasteiger partial charge in [0.15, 0.2) is 0 Å². The molecule has 1 unspecified atom stereocenters. The van der Waals surface area contributed by atoms with E-state index in [0.717, 1.165) is 28.8 Å². The van der Waals surface area contributed by atoms with Crippen LogP contribution in [0.5, 0.6) is 0 Å². The molecular weight excluding hydrogens is 280 g/mol. The van der Waals surface area contributed by atoms with Crippen LogP contribution in [0.3, 0.4) is 0 Å². The highest BCUT2D eigenvalue weighted by Crippen LogP contribution is 2.21. The molecule has 0 radical (unpaired) electrons. The largest absolute Gasteiger partial charge is 0.389 e. The van der Waals surface area contributed by atoms with Gasteiger partial charge in [0.1, 0.15) is 10.8 Å². The summed E-state index contributed by atoms with van der Waals surface area (Å²) in [7, 11) is 2.17. The van der Waals surface area contributed by atoms with Gasteiger partial charge in [0.2, 0.25) is 0 Å². The maximum absolute atomic E-state index is 5.86. The minimum Gasteiger partial charge on any atom is -0.389 e. The van der Waals surface area contributed by atoms with Crippen molar-refractivity contribution in [3.05, 3.63) is 35.9 Å². The molecule has 3 N–H and O–H groups in total. The Morgan fingerprint density at radius 1 is 1.48 bits per heavy atom. The van der Waals surface area contributed by atoms with Gasteiger partial charge in [0, 0.05) is 23.5 Å². The lowest BCUT2D eigenvalue weighted by Gasteiger charge is -2.20. The van der Waals surface area contributed by atoms with E-state index in [9.17, 15) is 0 Å². The third kappa shape index (κ3) is 2.99. The zero-order valence-corrected chi connectivity index (χ0v) is 13.0. The van der Waals surface area contributed by atoms with E-state index in [2.05, 4.69) is 22.2 Å². The van der Waals surface area contributed by atoms with Crippen molar-refractivity contribution in [2.24, 2.45) is 5.73 Å². The average molecular weight is 300 g/mol. The van der Waals surface area contributed by atoms with Gasteiger partial charge >= 0.3 is 0 Å². The van der Waals surface area contributed by atoms with Gasteiger partial charge in [-0.15, -0.1) is 0 Å². The number of aromatic nitrogens is 1. The van der Waals surface area contributed by atoms with Crippen molar-refractivity contribution in [3.63, 3.8) is 0 Å². The summed E-state index contributed by atoms with van der Waals surface area (Å²) in [6.45, 7) is 2.08. The van der Waals surface area contributed by atoms with E-state index in [4.69, 9.17) is 18.0 Å². The van der Waals surface area contributed by atoms with Crippen LogP contribution in [0.1, 0.15) is 18.4 Å². The average Bonchev–Trinajstić information content (AvgIpc) is 2.89. The van der Waals surface area contributed by atoms with Crippen LogP contribution in [-0.2, 0) is 0 Å². The van der Waals surface area contributed by atoms with Gasteiger partial charge in [0.05, 0.1) is 5.52 Å². The molecule has 0 amide bonds. The molecule has 1 aliphatic rings. The van der Waals surface area contributed by atoms with Gasteiger partial charge in [-0.25, -0.2) is 4.98 Å². The molecule has 5 heteroatoms. The molecule has 0 bridgehead atoms. The standard InChI is InChI=1S/C16H20N4S/c1-20-8-4-5-11(20)10-18-15-9-13(16(17)21)12-6-2-3-7-14(12)19-15/h2-3,6-7,9,11H,4-5,8,10H2,1H3,(H2,17,21)(H,18,19). The first-order valence-corrected chi connectivity index (χ1v) is 7.69. The second-order valence-corrected chi connectivity index (χ2v) is 6.03. The van der Waals surface area contributed by atoms with Gasteiger partial charge in [0.25, 0.3) is 0 Å². The number of benzene rings is 1. The molecule has 0 spiro atoms. The number of hydrogen-bond acceptors (Lipinski definition) is 4. The molecule has 3 rings (SSSR count). The fourth-order valence-corrected chi connectivity index (χ4v) is 3.10. The number of thiocarbonyl (C=S) groups is 1. The molecule has 1 aliphatic heterocycles. The van der Waals surface area contributed by atoms with E-state index in [-0.39, 0.29) is 0 Å². The van der Waals surface area contributed by atoms with E-state index in [1.54, 1.807) is 0 Å². The Bertz CT molecular complexity index is 670. The highest BCUT2D eigenvalue weighted by atomic mass is 32.1. The first-order valence-electron chi connectivity index (χ1n) is 7.29. The Morgan fingerprint density at radius 2 is 2.29 bits per heavy atom. The predicted molar refractivity (Wildman–Crippen MR) is 91.8 cm³/mol. The summed E-state index contributed by atoms with van der Waals surface area (Å²) in [6.07, 6.45) is 2.51. The minimum absolute atomic E-state index is 0.412. The number of nitrogens with two attached hydrogens (primary N) is 1. The Morgan fingerprint density at radius 3 is 3.00 bits per heavy atom. The highest BCUT2D eigenvalue weighted by molar-refractivity contribution is 7.80. The van der Waals surface area contributed by atoms with Crippen LogP contribution in [0.4, 0.5) is 5.82 Å². The molecule has 1 atom stereocenters. The number of fused-ring (bicyclic) bond motifs is 1. The predicted octanol–water partition coefficient (Wildman–Crippen LogP) is 2.38. The summed E-state index contributed by atoms with van der Waals surface area (Å²) in [5.41, 5.74) is 7.67. The summed E-state index contributed by atoms with van der Waals surface area (Å²) in [5.74, 6) is 0.844. The summed E-state index contributed by atoms with van der Waals surface area (Å²) >= 11 is 5.17. The Hall–Kier alpha value is -1.72. The second kappa shape index (κ2) is 5.95. The SMILES string of the molecule is CN1CCCC1CNc1cc(C(N)=S)c2ccccc2n1. The lowest BCUT2D eigenvalue weighted by molar-refractivity contribution is 0.322. The Kier molecular flexibility index (Phi) is 4.03. The molecule has 21 heavy (non-hydrogen) atoms. The van der Waals surface area contributed by atoms with Crippen molar-refractivity contribution in [1.82, 2.24) is 9.88 Å². The normalized spacial score (nSPS) is 19.0. The monoisotopic (exact) mass is 300 g/mol. The van der Waals surface area contributed by atoms with Gasteiger partial charge < -0.3 is 16.0 Å². The van der Waals surface area contributed by atoms with Crippen molar-refractivity contribution >= 4 is 33.9 Å². The van der Waals surface area contributed by atoms with E-state index < -0.39 is 0 Å². The van der Waals surface area contributed by atoms with Crippen LogP contribution in [0.25, 0.3) is 10.9 Å². The number of nitrogens with zero attached hydrogens (tertiary/aromatic N) is 2. The smallest absolute Gasteiger partial charge is 0.127 e. The Balaban J connectivity index is 1.86. The minimum atomic E-state index is 0.412. The van der Waals surface area contributed by atoms with Crippen molar-refractivity contribution in [2.45, 2.75) is 18.9 Å². The maximum atomic E-state index is 5.86. The lowest BCUT2D eigenvalue weighted by Crippen LogP contribution is -2.31. The Labute approximate surface area is 130 Å². The number of likely N-dealkylation sites (tertiary alicyclic amines) is 1. The molecule has 1 fully saturated rings. The van der Waals surface area contributed by atoms with Gasteiger partial charge in [-0.05, 0) is 38.6 Å². The van der Waals surface area contributed by atoms with Crippen molar-refractivity contribution < 1.29 is 0 Å². The van der Waals surface area contributed by atoms with Crippen molar-refractivity contribution in [3.8, 4) is 0 Å². The van der Waals surface area contributed by atoms with E-state index in [0.29, 0.717) is 11.0 Å². The number of anilines is 1. The summed E-state index contributed by atoms with van der Waals surface area (Å²) < 4.78 is 0. The fourth-order valence-electron chi connectivity index (χ4n) is 2.93. The fraction of sp³-hybridized carbons (Fsp3) is 0.375. The topological polar surface area (TPSA) is 54.2 Å². The van der Waals surface area contributed by atoms with Gasteiger partial charge in [-0.3, -0.25) is 0 Å². The molecule has 110 valence electrons. The molecule has 4 nitrogen and oxygen atoms in total. The molecule has 1 aromatic carbocycles. The van der Waals surface area contributed by atoms with E-state index in [1.807, 2.05) is 30.3 Å². The maximum Gasteiger partial charge on any atom is 0.127 e. The van der Waals surface area contributed by atoms with Gasteiger partial charge in [-0.2, -0.15) is 0 Å². The summed E-state index contributed by atoms with van der Waals surface area (Å²) in [5, 5.41) is 4.44.